The second kappa shape index (κ2) is 38.3. The summed E-state index contributed by atoms with van der Waals surface area (Å²) in [5.74, 6) is 12.4. The van der Waals surface area contributed by atoms with Gasteiger partial charge < -0.3 is 0 Å². The molecular weight excluding hydrogens is 1320 g/mol. The Hall–Kier alpha value is -6.24. The standard InChI is InChI=1S/C18H24.2C15H20.C14H20.C13H18.C12H16.C12H18.C11H16/c1-11-3-4-15(5-12(11)2)18-16-7-13-6-14(9-16)10-17(18)8-13;1-10-3-5-13(7-11(10)2)15-9-12-4-6-14(15)8-12;1-11-3-4-14(9-12(11)2)15-7-5-13(10-15)6-8-15;1-11-8-9-14(10-12(11)2)13-6-4-3-5-7-13;1-10-7-8-13(9-11(10)2)12-5-3-4-6-12;1-9-6-7-12(8-10(9)2)11-4-3-5-11;1-9-6-7-11(8-10(9)2)12(3,4)5;1-8(2)11-6-5-9(3)10(4)7-11/h3-5,13-14,16-18H,6-10H2,1-2H3;3,5,7,12,14-15H,4,6,8-9H2,1-2H3;3-4,9,13H,5-8,10H2,1-2H3;8-10,13H,3-7H2,1-2H3;7-9,12H,3-6H2,1-2H3;6-8,11H,3-5H2,1-2H3;6-8H,1-5H3;5-8H,1-4H3. The number of fused-ring (bicyclic) bond motifs is 4. The predicted molar refractivity (Wildman–Crippen MR) is 480 cm³/mol. The van der Waals surface area contributed by atoms with Crippen molar-refractivity contribution in [1.82, 2.24) is 0 Å². The van der Waals surface area contributed by atoms with Gasteiger partial charge in [-0.1, -0.05) is 225 Å². The zero-order valence-corrected chi connectivity index (χ0v) is 73.7. The third kappa shape index (κ3) is 22.0. The van der Waals surface area contributed by atoms with Crippen molar-refractivity contribution >= 4 is 0 Å². The van der Waals surface area contributed by atoms with Crippen LogP contribution < -0.4 is 0 Å². The number of hydrogen-bond donors (Lipinski definition) is 0. The molecule has 0 aromatic heterocycles. The van der Waals surface area contributed by atoms with Gasteiger partial charge in [0.05, 0.1) is 0 Å². The SMILES string of the molecule is Cc1ccc(C(C)(C)C)cc1C.Cc1ccc(C(C)C)cc1C.Cc1ccc(C23CCC(CC2)C3)cc1C.Cc1ccc(C2C3CC4CC(C3)CC2C4)cc1C.Cc1ccc(C2CC3CCC2C3)cc1C.Cc1ccc(C2CCC2)cc1C.Cc1ccc(C2CCCC2)cc1C.Cc1ccc(C2CCCCC2)cc1C. The molecule has 592 valence electrons. The lowest BCUT2D eigenvalue weighted by Gasteiger charge is -2.54. The van der Waals surface area contributed by atoms with E-state index >= 15 is 0 Å². The maximum Gasteiger partial charge on any atom is -0.00440 e. The summed E-state index contributed by atoms with van der Waals surface area (Å²) < 4.78 is 0. The van der Waals surface area contributed by atoms with E-state index in [0.29, 0.717) is 11.3 Å². The van der Waals surface area contributed by atoms with E-state index in [1.165, 1.54) is 261 Å². The average molecular weight is 1470 g/mol. The van der Waals surface area contributed by atoms with Gasteiger partial charge in [-0.3, -0.25) is 0 Å². The van der Waals surface area contributed by atoms with Crippen molar-refractivity contribution in [3.63, 3.8) is 0 Å². The van der Waals surface area contributed by atoms with E-state index in [9.17, 15) is 0 Å². The van der Waals surface area contributed by atoms with E-state index in [0.717, 1.165) is 71.0 Å². The molecule has 0 heteroatoms. The van der Waals surface area contributed by atoms with Crippen LogP contribution in [0.4, 0.5) is 0 Å². The Morgan fingerprint density at radius 1 is 0.282 bits per heavy atom. The van der Waals surface area contributed by atoms with Gasteiger partial charge in [-0.05, 0) is 454 Å². The van der Waals surface area contributed by atoms with Crippen molar-refractivity contribution in [2.75, 3.05) is 0 Å². The van der Waals surface area contributed by atoms with Crippen molar-refractivity contribution < 1.29 is 0 Å². The minimum atomic E-state index is 0.276. The molecule has 3 atom stereocenters. The first-order chi connectivity index (χ1) is 52.5. The summed E-state index contributed by atoms with van der Waals surface area (Å²) in [7, 11) is 0. The van der Waals surface area contributed by atoms with E-state index in [4.69, 9.17) is 0 Å². The predicted octanol–water partition coefficient (Wildman–Crippen LogP) is 32.1. The van der Waals surface area contributed by atoms with Gasteiger partial charge in [0.25, 0.3) is 0 Å². The van der Waals surface area contributed by atoms with Crippen LogP contribution in [0, 0.1) is 152 Å². The summed E-state index contributed by atoms with van der Waals surface area (Å²) in [5, 5.41) is 0. The van der Waals surface area contributed by atoms with Crippen LogP contribution in [0.1, 0.15) is 371 Å². The summed E-state index contributed by atoms with van der Waals surface area (Å²) in [4.78, 5) is 0. The Kier molecular flexibility index (Phi) is 29.5. The van der Waals surface area contributed by atoms with E-state index in [1.807, 2.05) is 0 Å². The molecule has 8 aromatic carbocycles. The Morgan fingerprint density at radius 2 is 0.645 bits per heavy atom. The van der Waals surface area contributed by atoms with Gasteiger partial charge in [-0.25, -0.2) is 0 Å². The molecule has 11 aliphatic rings. The van der Waals surface area contributed by atoms with Crippen LogP contribution in [0.3, 0.4) is 0 Å². The van der Waals surface area contributed by atoms with Crippen LogP contribution in [0.5, 0.6) is 0 Å². The summed E-state index contributed by atoms with van der Waals surface area (Å²) in [6.07, 6.45) is 38.0. The van der Waals surface area contributed by atoms with Crippen molar-refractivity contribution in [1.29, 1.82) is 0 Å². The highest BCUT2D eigenvalue weighted by Crippen LogP contribution is 2.60. The van der Waals surface area contributed by atoms with Gasteiger partial charge in [0.15, 0.2) is 0 Å². The maximum atomic E-state index is 2.49. The quantitative estimate of drug-likeness (QED) is 0.149. The van der Waals surface area contributed by atoms with Crippen molar-refractivity contribution in [2.24, 2.45) is 41.4 Å². The highest BCUT2D eigenvalue weighted by molar-refractivity contribution is 5.41. The lowest BCUT2D eigenvalue weighted by Crippen LogP contribution is -2.43. The van der Waals surface area contributed by atoms with Crippen molar-refractivity contribution in [2.45, 2.75) is 359 Å². The second-order valence-corrected chi connectivity index (χ2v) is 39.7. The number of benzene rings is 8. The molecule has 11 saturated carbocycles. The number of rotatable bonds is 7. The molecule has 11 aliphatic carbocycles. The minimum absolute atomic E-state index is 0.276. The fourth-order valence-electron chi connectivity index (χ4n) is 21.6. The molecule has 19 rings (SSSR count). The van der Waals surface area contributed by atoms with Crippen LogP contribution >= 0.6 is 0 Å². The monoisotopic (exact) mass is 1470 g/mol. The van der Waals surface area contributed by atoms with Crippen molar-refractivity contribution in [3.05, 3.63) is 279 Å². The molecule has 8 aromatic rings. The van der Waals surface area contributed by atoms with Crippen LogP contribution in [-0.2, 0) is 10.8 Å². The molecule has 0 amide bonds. The maximum absolute atomic E-state index is 2.49. The fraction of sp³-hybridized carbons (Fsp3) is 0.564. The Balaban J connectivity index is 0.000000125. The van der Waals surface area contributed by atoms with E-state index in [1.54, 1.807) is 39.8 Å². The van der Waals surface area contributed by atoms with Crippen LogP contribution in [-0.4, -0.2) is 0 Å². The van der Waals surface area contributed by atoms with Gasteiger partial charge in [-0.2, -0.15) is 0 Å². The summed E-state index contributed by atoms with van der Waals surface area (Å²) in [6.45, 7) is 46.5. The van der Waals surface area contributed by atoms with E-state index in [-0.39, 0.29) is 5.41 Å². The molecule has 0 spiro atoms. The molecule has 0 aliphatic heterocycles. The zero-order chi connectivity index (χ0) is 78.7. The fourth-order valence-corrected chi connectivity index (χ4v) is 21.6. The first-order valence-electron chi connectivity index (χ1n) is 45.1. The first kappa shape index (κ1) is 84.7. The lowest BCUT2D eigenvalue weighted by molar-refractivity contribution is -0.00279. The largest absolute Gasteiger partial charge is 0.0588 e. The average Bonchev–Trinajstić information content (AvgIpc) is 1.08. The molecule has 8 bridgehead atoms. The lowest BCUT2D eigenvalue weighted by atomic mass is 9.50. The summed E-state index contributed by atoms with van der Waals surface area (Å²) in [6, 6.07) is 55.8. The minimum Gasteiger partial charge on any atom is -0.0588 e. The Labute approximate surface area is 674 Å². The van der Waals surface area contributed by atoms with Gasteiger partial charge in [0.1, 0.15) is 0 Å². The number of hydrogen-bond acceptors (Lipinski definition) is 0. The second-order valence-electron chi connectivity index (χ2n) is 39.7. The molecule has 0 nitrogen and oxygen atoms in total. The highest BCUT2D eigenvalue weighted by Gasteiger charge is 2.49. The first-order valence-corrected chi connectivity index (χ1v) is 45.1. The molecule has 0 heterocycles. The van der Waals surface area contributed by atoms with Gasteiger partial charge in [-0.15, -0.1) is 0 Å². The van der Waals surface area contributed by atoms with Crippen LogP contribution in [0.25, 0.3) is 0 Å². The Morgan fingerprint density at radius 3 is 1.01 bits per heavy atom. The van der Waals surface area contributed by atoms with Crippen LogP contribution in [0.2, 0.25) is 0 Å². The van der Waals surface area contributed by atoms with Gasteiger partial charge in [0, 0.05) is 0 Å². The molecule has 11 fully saturated rings. The smallest absolute Gasteiger partial charge is 0.00440 e. The molecule has 0 N–H and O–H groups in total. The third-order valence-electron chi connectivity index (χ3n) is 30.3. The zero-order valence-electron chi connectivity index (χ0n) is 73.7. The van der Waals surface area contributed by atoms with Crippen LogP contribution in [0.15, 0.2) is 146 Å². The molecular formula is C110H152. The molecule has 0 saturated heterocycles. The summed E-state index contributed by atoms with van der Waals surface area (Å²) in [5.41, 5.74) is 36.2. The summed E-state index contributed by atoms with van der Waals surface area (Å²) >= 11 is 0. The molecule has 110 heavy (non-hydrogen) atoms. The van der Waals surface area contributed by atoms with Crippen molar-refractivity contribution in [3.8, 4) is 0 Å². The Bertz CT molecular complexity index is 4250. The van der Waals surface area contributed by atoms with Gasteiger partial charge >= 0.3 is 0 Å². The molecule has 0 radical (unpaired) electrons. The normalized spacial score (nSPS) is 24.7. The number of aryl methyl sites for hydroxylation is 16. The van der Waals surface area contributed by atoms with Gasteiger partial charge in [0.2, 0.25) is 0 Å². The van der Waals surface area contributed by atoms with E-state index < -0.39 is 0 Å². The topological polar surface area (TPSA) is 0 Å². The highest BCUT2D eigenvalue weighted by atomic mass is 14.5. The third-order valence-corrected chi connectivity index (χ3v) is 30.3. The van der Waals surface area contributed by atoms with E-state index in [2.05, 4.69) is 291 Å². The molecule has 3 unspecified atom stereocenters.